The Hall–Kier alpha value is -1.62. The second kappa shape index (κ2) is 4.57. The molecule has 1 aliphatic rings. The van der Waals surface area contributed by atoms with Gasteiger partial charge in [-0.05, 0) is 50.6 Å². The molecule has 96 valence electrons. The van der Waals surface area contributed by atoms with Crippen LogP contribution in [0.4, 0.5) is 5.82 Å². The largest absolute Gasteiger partial charge is 0.370 e. The van der Waals surface area contributed by atoms with Gasteiger partial charge >= 0.3 is 0 Å². The quantitative estimate of drug-likeness (QED) is 0.888. The van der Waals surface area contributed by atoms with Gasteiger partial charge in [-0.1, -0.05) is 0 Å². The van der Waals surface area contributed by atoms with E-state index in [9.17, 15) is 0 Å². The number of nitrogens with zero attached hydrogens (tertiary/aromatic N) is 4. The Bertz CT molecular complexity index is 547. The number of anilines is 1. The van der Waals surface area contributed by atoms with Gasteiger partial charge in [0.25, 0.3) is 0 Å². The molecule has 1 fully saturated rings. The highest BCUT2D eigenvalue weighted by Crippen LogP contribution is 2.17. The molecule has 1 saturated heterocycles. The van der Waals surface area contributed by atoms with E-state index < -0.39 is 0 Å². The molecule has 3 heterocycles. The third-order valence-electron chi connectivity index (χ3n) is 3.58. The first kappa shape index (κ1) is 11.5. The van der Waals surface area contributed by atoms with Crippen molar-refractivity contribution in [2.24, 2.45) is 5.92 Å². The van der Waals surface area contributed by atoms with Crippen LogP contribution < -0.4 is 5.32 Å². The van der Waals surface area contributed by atoms with Gasteiger partial charge in [0.15, 0.2) is 5.65 Å². The van der Waals surface area contributed by atoms with Crippen LogP contribution >= 0.6 is 0 Å². The predicted molar refractivity (Wildman–Crippen MR) is 71.8 cm³/mol. The van der Waals surface area contributed by atoms with Crippen molar-refractivity contribution >= 4 is 11.5 Å². The summed E-state index contributed by atoms with van der Waals surface area (Å²) in [6.45, 7) is 5.48. The number of fused-ring (bicyclic) bond motifs is 1. The Labute approximate surface area is 107 Å². The molecule has 0 aliphatic carbocycles. The number of pyridine rings is 1. The van der Waals surface area contributed by atoms with Gasteiger partial charge in [-0.15, -0.1) is 0 Å². The number of rotatable bonds is 3. The molecule has 2 aromatic heterocycles. The molecule has 0 radical (unpaired) electrons. The summed E-state index contributed by atoms with van der Waals surface area (Å²) in [5, 5.41) is 7.76. The molecule has 0 amide bonds. The summed E-state index contributed by atoms with van der Waals surface area (Å²) in [4.78, 5) is 6.62. The smallest absolute Gasteiger partial charge is 0.157 e. The van der Waals surface area contributed by atoms with Gasteiger partial charge in [0.1, 0.15) is 12.1 Å². The molecular formula is C13H19N5. The first-order valence-electron chi connectivity index (χ1n) is 6.45. The number of hydrogen-bond acceptors (Lipinski definition) is 4. The van der Waals surface area contributed by atoms with Crippen LogP contribution in [-0.4, -0.2) is 46.2 Å². The van der Waals surface area contributed by atoms with E-state index in [0.717, 1.165) is 23.9 Å². The predicted octanol–water partition coefficient (Wildman–Crippen LogP) is 1.40. The minimum atomic E-state index is 0.731. The van der Waals surface area contributed by atoms with Gasteiger partial charge in [-0.25, -0.2) is 4.98 Å². The van der Waals surface area contributed by atoms with Crippen molar-refractivity contribution in [1.29, 1.82) is 0 Å². The number of nitrogens with one attached hydrogen (secondary N) is 1. The Balaban J connectivity index is 1.75. The number of aromatic nitrogens is 3. The third kappa shape index (κ3) is 2.18. The van der Waals surface area contributed by atoms with E-state index in [-0.39, 0.29) is 0 Å². The average Bonchev–Trinajstić information content (AvgIpc) is 2.94. The second-order valence-electron chi connectivity index (χ2n) is 5.25. The molecule has 5 nitrogen and oxygen atoms in total. The summed E-state index contributed by atoms with van der Waals surface area (Å²) >= 11 is 0. The summed E-state index contributed by atoms with van der Waals surface area (Å²) in [6, 6.07) is 4.17. The number of hydrogen-bond donors (Lipinski definition) is 1. The molecule has 3 rings (SSSR count). The molecule has 5 heteroatoms. The molecule has 1 unspecified atom stereocenters. The molecule has 0 saturated carbocycles. The molecular weight excluding hydrogens is 226 g/mol. The van der Waals surface area contributed by atoms with E-state index in [2.05, 4.69) is 40.3 Å². The van der Waals surface area contributed by atoms with Crippen LogP contribution in [0.3, 0.4) is 0 Å². The average molecular weight is 245 g/mol. The van der Waals surface area contributed by atoms with Crippen LogP contribution in [-0.2, 0) is 0 Å². The summed E-state index contributed by atoms with van der Waals surface area (Å²) in [5.74, 6) is 1.77. The van der Waals surface area contributed by atoms with Gasteiger partial charge in [-0.3, -0.25) is 0 Å². The number of likely N-dealkylation sites (tertiary alicyclic amines) is 1. The highest BCUT2D eigenvalue weighted by atomic mass is 15.3. The van der Waals surface area contributed by atoms with Crippen LogP contribution in [0.2, 0.25) is 0 Å². The van der Waals surface area contributed by atoms with E-state index in [1.807, 2.05) is 10.6 Å². The zero-order valence-corrected chi connectivity index (χ0v) is 10.9. The summed E-state index contributed by atoms with van der Waals surface area (Å²) in [7, 11) is 2.18. The summed E-state index contributed by atoms with van der Waals surface area (Å²) < 4.78 is 1.87. The zero-order valence-electron chi connectivity index (χ0n) is 10.9. The lowest BCUT2D eigenvalue weighted by molar-refractivity contribution is 0.399. The number of aryl methyl sites for hydroxylation is 1. The van der Waals surface area contributed by atoms with Crippen molar-refractivity contribution in [3.63, 3.8) is 0 Å². The highest BCUT2D eigenvalue weighted by molar-refractivity contribution is 5.51. The van der Waals surface area contributed by atoms with Crippen molar-refractivity contribution in [2.75, 3.05) is 32.0 Å². The van der Waals surface area contributed by atoms with E-state index in [0.29, 0.717) is 0 Å². The molecule has 18 heavy (non-hydrogen) atoms. The molecule has 0 spiro atoms. The van der Waals surface area contributed by atoms with Gasteiger partial charge in [0.05, 0.1) is 0 Å². The topological polar surface area (TPSA) is 45.5 Å². The van der Waals surface area contributed by atoms with E-state index in [1.165, 1.54) is 25.1 Å². The van der Waals surface area contributed by atoms with Crippen molar-refractivity contribution in [2.45, 2.75) is 13.3 Å². The lowest BCUT2D eigenvalue weighted by Crippen LogP contribution is -2.20. The van der Waals surface area contributed by atoms with Crippen LogP contribution in [0, 0.1) is 12.8 Å². The summed E-state index contributed by atoms with van der Waals surface area (Å²) in [5.41, 5.74) is 2.11. The van der Waals surface area contributed by atoms with Crippen molar-refractivity contribution in [3.8, 4) is 0 Å². The fourth-order valence-corrected chi connectivity index (χ4v) is 2.62. The monoisotopic (exact) mass is 245 g/mol. The first-order valence-corrected chi connectivity index (χ1v) is 6.45. The van der Waals surface area contributed by atoms with Crippen molar-refractivity contribution in [1.82, 2.24) is 19.5 Å². The molecule has 1 atom stereocenters. The summed E-state index contributed by atoms with van der Waals surface area (Å²) in [6.07, 6.45) is 2.87. The standard InChI is InChI=1S/C13H19N5/c1-10-5-12(18-13(6-10)15-9-16-18)14-7-11-3-4-17(2)8-11/h5-6,9,11,14H,3-4,7-8H2,1-2H3. The highest BCUT2D eigenvalue weighted by Gasteiger charge is 2.19. The van der Waals surface area contributed by atoms with Gasteiger partial charge in [-0.2, -0.15) is 9.61 Å². The van der Waals surface area contributed by atoms with E-state index in [1.54, 1.807) is 6.33 Å². The van der Waals surface area contributed by atoms with E-state index >= 15 is 0 Å². The molecule has 2 aromatic rings. The molecule has 1 aliphatic heterocycles. The maximum absolute atomic E-state index is 4.25. The molecule has 1 N–H and O–H groups in total. The van der Waals surface area contributed by atoms with Crippen molar-refractivity contribution in [3.05, 3.63) is 24.0 Å². The first-order chi connectivity index (χ1) is 8.72. The van der Waals surface area contributed by atoms with Crippen LogP contribution in [0.15, 0.2) is 18.5 Å². The van der Waals surface area contributed by atoms with Gasteiger partial charge in [0, 0.05) is 13.1 Å². The van der Waals surface area contributed by atoms with E-state index in [4.69, 9.17) is 0 Å². The maximum Gasteiger partial charge on any atom is 0.157 e. The van der Waals surface area contributed by atoms with Gasteiger partial charge in [0.2, 0.25) is 0 Å². The van der Waals surface area contributed by atoms with Gasteiger partial charge < -0.3 is 10.2 Å². The molecule has 0 aromatic carbocycles. The van der Waals surface area contributed by atoms with Crippen LogP contribution in [0.1, 0.15) is 12.0 Å². The minimum absolute atomic E-state index is 0.731. The molecule has 0 bridgehead atoms. The van der Waals surface area contributed by atoms with Crippen LogP contribution in [0.5, 0.6) is 0 Å². The third-order valence-corrected chi connectivity index (χ3v) is 3.58. The van der Waals surface area contributed by atoms with Crippen LogP contribution in [0.25, 0.3) is 5.65 Å². The minimum Gasteiger partial charge on any atom is -0.370 e. The lowest BCUT2D eigenvalue weighted by Gasteiger charge is -2.13. The Morgan fingerprint density at radius 2 is 2.33 bits per heavy atom. The normalized spacial score (nSPS) is 20.7. The maximum atomic E-state index is 4.25. The Morgan fingerprint density at radius 3 is 3.11 bits per heavy atom. The van der Waals surface area contributed by atoms with Crippen molar-refractivity contribution < 1.29 is 0 Å². The second-order valence-corrected chi connectivity index (χ2v) is 5.25. The zero-order chi connectivity index (χ0) is 12.5. The SMILES string of the molecule is Cc1cc(NCC2CCN(C)C2)n2ncnc2c1. The Morgan fingerprint density at radius 1 is 1.44 bits per heavy atom. The lowest BCUT2D eigenvalue weighted by atomic mass is 10.1. The fourth-order valence-electron chi connectivity index (χ4n) is 2.62. The fraction of sp³-hybridized carbons (Fsp3) is 0.538. The Kier molecular flexibility index (Phi) is 2.91.